The highest BCUT2D eigenvalue weighted by Crippen LogP contribution is 2.20. The molecule has 0 bridgehead atoms. The zero-order valence-electron chi connectivity index (χ0n) is 9.93. The van der Waals surface area contributed by atoms with Crippen LogP contribution in [0.1, 0.15) is 13.3 Å². The van der Waals surface area contributed by atoms with Gasteiger partial charge in [0.1, 0.15) is 18.2 Å². The van der Waals surface area contributed by atoms with E-state index in [4.69, 9.17) is 4.74 Å². The first-order valence-corrected chi connectivity index (χ1v) is 6.37. The smallest absolute Gasteiger partial charge is 0.128 e. The van der Waals surface area contributed by atoms with Gasteiger partial charge in [-0.2, -0.15) is 0 Å². The highest BCUT2D eigenvalue weighted by Gasteiger charge is 2.01. The molecule has 1 aromatic rings. The Balaban J connectivity index is 2.36. The fourth-order valence-electron chi connectivity index (χ4n) is 1.29. The Morgan fingerprint density at radius 2 is 2.24 bits per heavy atom. The van der Waals surface area contributed by atoms with Crippen molar-refractivity contribution in [3.8, 4) is 5.75 Å². The van der Waals surface area contributed by atoms with E-state index < -0.39 is 0 Å². The molecule has 0 aliphatic heterocycles. The minimum atomic E-state index is -0.316. The zero-order valence-corrected chi connectivity index (χ0v) is 11.5. The van der Waals surface area contributed by atoms with Crippen molar-refractivity contribution in [3.63, 3.8) is 0 Å². The lowest BCUT2D eigenvalue weighted by atomic mass is 10.3. The quantitative estimate of drug-likeness (QED) is 0.614. The second kappa shape index (κ2) is 7.45. The van der Waals surface area contributed by atoms with Crippen LogP contribution in [-0.4, -0.2) is 19.7 Å². The van der Waals surface area contributed by atoms with Gasteiger partial charge in [0.2, 0.25) is 0 Å². The molecule has 0 radical (unpaired) electrons. The van der Waals surface area contributed by atoms with Gasteiger partial charge in [-0.1, -0.05) is 29.4 Å². The summed E-state index contributed by atoms with van der Waals surface area (Å²) in [6.45, 7) is 8.09. The Morgan fingerprint density at radius 1 is 1.47 bits per heavy atom. The fraction of sp³-hybridized carbons (Fsp3) is 0.385. The Bertz CT molecular complexity index is 361. The molecule has 0 heterocycles. The van der Waals surface area contributed by atoms with Gasteiger partial charge < -0.3 is 10.1 Å². The summed E-state index contributed by atoms with van der Waals surface area (Å²) in [4.78, 5) is 0. The maximum Gasteiger partial charge on any atom is 0.128 e. The molecule has 17 heavy (non-hydrogen) atoms. The normalized spacial score (nSPS) is 10.3. The van der Waals surface area contributed by atoms with Gasteiger partial charge in [0.15, 0.2) is 0 Å². The van der Waals surface area contributed by atoms with Gasteiger partial charge >= 0.3 is 0 Å². The van der Waals surface area contributed by atoms with E-state index in [0.29, 0.717) is 16.8 Å². The summed E-state index contributed by atoms with van der Waals surface area (Å²) in [7, 11) is 0. The van der Waals surface area contributed by atoms with Crippen molar-refractivity contribution in [2.75, 3.05) is 19.7 Å². The lowest BCUT2D eigenvalue weighted by molar-refractivity contribution is 0.346. The van der Waals surface area contributed by atoms with E-state index in [1.807, 2.05) is 0 Å². The monoisotopic (exact) mass is 301 g/mol. The van der Waals surface area contributed by atoms with Crippen molar-refractivity contribution < 1.29 is 9.13 Å². The largest absolute Gasteiger partial charge is 0.489 e. The van der Waals surface area contributed by atoms with Gasteiger partial charge in [-0.3, -0.25) is 0 Å². The predicted molar refractivity (Wildman–Crippen MR) is 71.9 cm³/mol. The summed E-state index contributed by atoms with van der Waals surface area (Å²) < 4.78 is 19.2. The fourth-order valence-corrected chi connectivity index (χ4v) is 1.73. The topological polar surface area (TPSA) is 21.3 Å². The van der Waals surface area contributed by atoms with Crippen molar-refractivity contribution in [2.45, 2.75) is 13.3 Å². The van der Waals surface area contributed by atoms with Crippen LogP contribution in [0.2, 0.25) is 0 Å². The van der Waals surface area contributed by atoms with Gasteiger partial charge in [-0.25, -0.2) is 4.39 Å². The molecule has 0 amide bonds. The Kier molecular flexibility index (Phi) is 6.22. The maximum absolute atomic E-state index is 13.1. The SMILES string of the molecule is C=C(CNCCC)COc1cc(F)cc(Br)c1. The third-order valence-corrected chi connectivity index (χ3v) is 2.54. The van der Waals surface area contributed by atoms with Gasteiger partial charge in [-0.15, -0.1) is 0 Å². The average Bonchev–Trinajstić information content (AvgIpc) is 2.25. The van der Waals surface area contributed by atoms with Gasteiger partial charge in [0.25, 0.3) is 0 Å². The first-order valence-electron chi connectivity index (χ1n) is 5.58. The van der Waals surface area contributed by atoms with Crippen molar-refractivity contribution in [1.82, 2.24) is 5.32 Å². The van der Waals surface area contributed by atoms with Crippen molar-refractivity contribution >= 4 is 15.9 Å². The molecule has 1 N–H and O–H groups in total. The van der Waals surface area contributed by atoms with Crippen LogP contribution < -0.4 is 10.1 Å². The summed E-state index contributed by atoms with van der Waals surface area (Å²) in [6, 6.07) is 4.48. The first kappa shape index (κ1) is 14.2. The number of nitrogens with one attached hydrogen (secondary N) is 1. The molecule has 0 saturated heterocycles. The van der Waals surface area contributed by atoms with E-state index in [9.17, 15) is 4.39 Å². The summed E-state index contributed by atoms with van der Waals surface area (Å²) in [6.07, 6.45) is 1.09. The first-order chi connectivity index (χ1) is 8.11. The van der Waals surface area contributed by atoms with Crippen LogP contribution in [0, 0.1) is 5.82 Å². The molecule has 0 saturated carbocycles. The maximum atomic E-state index is 13.1. The lowest BCUT2D eigenvalue weighted by Crippen LogP contribution is -2.20. The third-order valence-electron chi connectivity index (χ3n) is 2.08. The minimum absolute atomic E-state index is 0.316. The average molecular weight is 302 g/mol. The Labute approximate surface area is 110 Å². The molecular weight excluding hydrogens is 285 g/mol. The van der Waals surface area contributed by atoms with E-state index in [2.05, 4.69) is 34.7 Å². The minimum Gasteiger partial charge on any atom is -0.489 e. The standard InChI is InChI=1S/C13H17BrFNO/c1-3-4-16-8-10(2)9-17-13-6-11(14)5-12(15)7-13/h5-7,16H,2-4,8-9H2,1H3. The molecule has 0 spiro atoms. The summed E-state index contributed by atoms with van der Waals surface area (Å²) in [5, 5.41) is 3.23. The molecule has 0 aromatic heterocycles. The van der Waals surface area contributed by atoms with Crippen molar-refractivity contribution in [3.05, 3.63) is 40.6 Å². The second-order valence-electron chi connectivity index (χ2n) is 3.82. The van der Waals surface area contributed by atoms with E-state index in [-0.39, 0.29) is 5.82 Å². The molecule has 0 atom stereocenters. The predicted octanol–water partition coefficient (Wildman–Crippen LogP) is 3.52. The van der Waals surface area contributed by atoms with Crippen LogP contribution in [0.5, 0.6) is 5.75 Å². The zero-order chi connectivity index (χ0) is 12.7. The molecule has 0 aliphatic rings. The number of hydrogen-bond donors (Lipinski definition) is 1. The van der Waals surface area contributed by atoms with Crippen molar-refractivity contribution in [1.29, 1.82) is 0 Å². The van der Waals surface area contributed by atoms with E-state index in [1.54, 1.807) is 6.07 Å². The number of halogens is 2. The number of ether oxygens (including phenoxy) is 1. The van der Waals surface area contributed by atoms with Gasteiger partial charge in [0.05, 0.1) is 0 Å². The van der Waals surface area contributed by atoms with E-state index in [1.165, 1.54) is 12.1 Å². The van der Waals surface area contributed by atoms with Crippen LogP contribution in [0.3, 0.4) is 0 Å². The van der Waals surface area contributed by atoms with Crippen LogP contribution >= 0.6 is 15.9 Å². The number of benzene rings is 1. The van der Waals surface area contributed by atoms with Crippen molar-refractivity contribution in [2.24, 2.45) is 0 Å². The molecule has 2 nitrogen and oxygen atoms in total. The molecule has 4 heteroatoms. The van der Waals surface area contributed by atoms with Crippen LogP contribution in [-0.2, 0) is 0 Å². The van der Waals surface area contributed by atoms with Gasteiger partial charge in [-0.05, 0) is 30.7 Å². The van der Waals surface area contributed by atoms with Crippen LogP contribution in [0.25, 0.3) is 0 Å². The molecule has 0 unspecified atom stereocenters. The molecule has 1 aromatic carbocycles. The van der Waals surface area contributed by atoms with E-state index >= 15 is 0 Å². The molecule has 1 rings (SSSR count). The molecule has 0 fully saturated rings. The molecular formula is C13H17BrFNO. The summed E-state index contributed by atoms with van der Waals surface area (Å²) in [5.74, 6) is 0.192. The Morgan fingerprint density at radius 3 is 2.88 bits per heavy atom. The number of rotatable bonds is 7. The lowest BCUT2D eigenvalue weighted by Gasteiger charge is -2.10. The molecule has 0 aliphatic carbocycles. The van der Waals surface area contributed by atoms with Gasteiger partial charge in [0, 0.05) is 17.1 Å². The Hall–Kier alpha value is -0.870. The summed E-state index contributed by atoms with van der Waals surface area (Å²) >= 11 is 3.22. The van der Waals surface area contributed by atoms with Crippen LogP contribution in [0.15, 0.2) is 34.8 Å². The second-order valence-corrected chi connectivity index (χ2v) is 4.74. The van der Waals surface area contributed by atoms with E-state index in [0.717, 1.165) is 25.1 Å². The highest BCUT2D eigenvalue weighted by molar-refractivity contribution is 9.10. The van der Waals surface area contributed by atoms with Crippen LogP contribution in [0.4, 0.5) is 4.39 Å². The highest BCUT2D eigenvalue weighted by atomic mass is 79.9. The third kappa shape index (κ3) is 5.84. The summed E-state index contributed by atoms with van der Waals surface area (Å²) in [5.41, 5.74) is 0.943. The number of hydrogen-bond acceptors (Lipinski definition) is 2. The molecule has 94 valence electrons.